The first kappa shape index (κ1) is 16.5. The molecule has 2 N–H and O–H groups in total. The molecule has 0 fully saturated rings. The van der Waals surface area contributed by atoms with Gasteiger partial charge in [-0.2, -0.15) is 0 Å². The molecule has 0 bridgehead atoms. The minimum atomic E-state index is -0.147. The van der Waals surface area contributed by atoms with Crippen LogP contribution in [0, 0.1) is 0 Å². The topological polar surface area (TPSA) is 54.0 Å². The van der Waals surface area contributed by atoms with E-state index in [0.29, 0.717) is 11.6 Å². The van der Waals surface area contributed by atoms with E-state index in [9.17, 15) is 4.79 Å². The van der Waals surface area contributed by atoms with Crippen LogP contribution in [0.5, 0.6) is 0 Å². The average Bonchev–Trinajstić information content (AvgIpc) is 3.11. The number of nitrogens with zero attached hydrogens (tertiary/aromatic N) is 1. The maximum atomic E-state index is 12.2. The van der Waals surface area contributed by atoms with E-state index in [4.69, 9.17) is 0 Å². The van der Waals surface area contributed by atoms with Gasteiger partial charge in [0.25, 0.3) is 5.91 Å². The fraction of sp³-hybridized carbons (Fsp3) is 0.182. The van der Waals surface area contributed by atoms with Gasteiger partial charge in [-0.3, -0.25) is 9.78 Å². The molecule has 0 radical (unpaired) electrons. The van der Waals surface area contributed by atoms with E-state index in [0.717, 1.165) is 25.1 Å². The van der Waals surface area contributed by atoms with Crippen molar-refractivity contribution in [1.29, 1.82) is 0 Å². The molecule has 0 saturated heterocycles. The molecule has 4 nitrogen and oxygen atoms in total. The zero-order valence-corrected chi connectivity index (χ0v) is 14.5. The summed E-state index contributed by atoms with van der Waals surface area (Å²) in [7, 11) is 0. The number of pyridine rings is 1. The van der Waals surface area contributed by atoms with Crippen molar-refractivity contribution in [3.63, 3.8) is 0 Å². The number of amides is 1. The fourth-order valence-corrected chi connectivity index (χ4v) is 3.42. The first-order chi connectivity index (χ1) is 12.8. The number of anilines is 1. The number of aromatic nitrogens is 1. The summed E-state index contributed by atoms with van der Waals surface area (Å²) >= 11 is 0. The summed E-state index contributed by atoms with van der Waals surface area (Å²) in [6.07, 6.45) is 5.51. The highest BCUT2D eigenvalue weighted by atomic mass is 16.1. The number of hydrogen-bond acceptors (Lipinski definition) is 3. The highest BCUT2D eigenvalue weighted by molar-refractivity contribution is 6.03. The van der Waals surface area contributed by atoms with Gasteiger partial charge in [0.2, 0.25) is 0 Å². The van der Waals surface area contributed by atoms with Crippen molar-refractivity contribution in [2.24, 2.45) is 0 Å². The molecule has 0 aliphatic heterocycles. The van der Waals surface area contributed by atoms with Crippen LogP contribution in [0.25, 0.3) is 0 Å². The molecule has 1 atom stereocenters. The summed E-state index contributed by atoms with van der Waals surface area (Å²) in [5.41, 5.74) is 5.42. The minimum absolute atomic E-state index is 0.147. The Morgan fingerprint density at radius 3 is 2.69 bits per heavy atom. The Kier molecular flexibility index (Phi) is 4.75. The zero-order valence-electron chi connectivity index (χ0n) is 14.5. The van der Waals surface area contributed by atoms with E-state index in [-0.39, 0.29) is 5.91 Å². The molecule has 0 saturated carbocycles. The largest absolute Gasteiger partial charge is 0.322 e. The molecule has 4 heteroatoms. The number of aryl methyl sites for hydroxylation is 1. The number of carbonyl (C=O) groups is 1. The summed E-state index contributed by atoms with van der Waals surface area (Å²) in [6.45, 7) is 0.815. The molecule has 4 rings (SSSR count). The second-order valence-corrected chi connectivity index (χ2v) is 6.56. The van der Waals surface area contributed by atoms with Gasteiger partial charge in [-0.1, -0.05) is 36.4 Å². The standard InChI is InChI=1S/C22H21N3O/c26-22(18-5-3-13-23-15-18)25-19-10-7-16(8-11-19)14-24-21-12-9-17-4-1-2-6-20(17)21/h1-8,10-11,13,15,21,24H,9,12,14H2,(H,25,26). The number of carbonyl (C=O) groups excluding carboxylic acids is 1. The van der Waals surface area contributed by atoms with Crippen LogP contribution in [0.1, 0.15) is 39.5 Å². The quantitative estimate of drug-likeness (QED) is 0.733. The van der Waals surface area contributed by atoms with Gasteiger partial charge < -0.3 is 10.6 Å². The van der Waals surface area contributed by atoms with Gasteiger partial charge in [-0.25, -0.2) is 0 Å². The molecule has 1 heterocycles. The van der Waals surface area contributed by atoms with Gasteiger partial charge in [0.05, 0.1) is 5.56 Å². The first-order valence-corrected chi connectivity index (χ1v) is 8.91. The number of fused-ring (bicyclic) bond motifs is 1. The van der Waals surface area contributed by atoms with Crippen molar-refractivity contribution in [3.8, 4) is 0 Å². The van der Waals surface area contributed by atoms with Crippen LogP contribution in [0.15, 0.2) is 73.1 Å². The molecule has 130 valence electrons. The van der Waals surface area contributed by atoms with E-state index in [1.165, 1.54) is 16.7 Å². The van der Waals surface area contributed by atoms with Crippen LogP contribution in [0.2, 0.25) is 0 Å². The lowest BCUT2D eigenvalue weighted by Gasteiger charge is -2.14. The van der Waals surface area contributed by atoms with Gasteiger partial charge in [-0.15, -0.1) is 0 Å². The Hall–Kier alpha value is -2.98. The van der Waals surface area contributed by atoms with Crippen LogP contribution in [-0.4, -0.2) is 10.9 Å². The molecule has 0 spiro atoms. The smallest absolute Gasteiger partial charge is 0.257 e. The Morgan fingerprint density at radius 2 is 1.88 bits per heavy atom. The van der Waals surface area contributed by atoms with Crippen LogP contribution in [-0.2, 0) is 13.0 Å². The molecule has 3 aromatic rings. The maximum Gasteiger partial charge on any atom is 0.257 e. The Balaban J connectivity index is 1.34. The second kappa shape index (κ2) is 7.50. The van der Waals surface area contributed by atoms with E-state index < -0.39 is 0 Å². The number of nitrogens with one attached hydrogen (secondary N) is 2. The van der Waals surface area contributed by atoms with E-state index in [1.54, 1.807) is 24.5 Å². The SMILES string of the molecule is O=C(Nc1ccc(CNC2CCc3ccccc32)cc1)c1cccnc1. The van der Waals surface area contributed by atoms with Gasteiger partial charge >= 0.3 is 0 Å². The molecule has 1 aliphatic carbocycles. The third kappa shape index (κ3) is 3.65. The second-order valence-electron chi connectivity index (χ2n) is 6.56. The Morgan fingerprint density at radius 1 is 1.04 bits per heavy atom. The van der Waals surface area contributed by atoms with Gasteiger partial charge in [0.15, 0.2) is 0 Å². The summed E-state index contributed by atoms with van der Waals surface area (Å²) in [5.74, 6) is -0.147. The summed E-state index contributed by atoms with van der Waals surface area (Å²) < 4.78 is 0. The summed E-state index contributed by atoms with van der Waals surface area (Å²) in [5, 5.41) is 6.54. The monoisotopic (exact) mass is 343 g/mol. The van der Waals surface area contributed by atoms with Crippen molar-refractivity contribution in [2.45, 2.75) is 25.4 Å². The lowest BCUT2D eigenvalue weighted by atomic mass is 10.1. The number of benzene rings is 2. The first-order valence-electron chi connectivity index (χ1n) is 8.91. The molecule has 1 unspecified atom stereocenters. The average molecular weight is 343 g/mol. The predicted octanol–water partition coefficient (Wildman–Crippen LogP) is 4.11. The van der Waals surface area contributed by atoms with Crippen molar-refractivity contribution >= 4 is 11.6 Å². The highest BCUT2D eigenvalue weighted by Crippen LogP contribution is 2.30. The molecule has 1 aromatic heterocycles. The Bertz CT molecular complexity index is 891. The van der Waals surface area contributed by atoms with Crippen LogP contribution in [0.4, 0.5) is 5.69 Å². The van der Waals surface area contributed by atoms with E-state index in [1.807, 2.05) is 24.3 Å². The number of hydrogen-bond donors (Lipinski definition) is 2. The van der Waals surface area contributed by atoms with Crippen molar-refractivity contribution < 1.29 is 4.79 Å². The van der Waals surface area contributed by atoms with Crippen LogP contribution < -0.4 is 10.6 Å². The molecule has 1 amide bonds. The number of rotatable bonds is 5. The van der Waals surface area contributed by atoms with E-state index in [2.05, 4.69) is 39.9 Å². The van der Waals surface area contributed by atoms with Crippen LogP contribution in [0.3, 0.4) is 0 Å². The highest BCUT2D eigenvalue weighted by Gasteiger charge is 2.20. The van der Waals surface area contributed by atoms with Crippen molar-refractivity contribution in [1.82, 2.24) is 10.3 Å². The van der Waals surface area contributed by atoms with Gasteiger partial charge in [0.1, 0.15) is 0 Å². The minimum Gasteiger partial charge on any atom is -0.322 e. The lowest BCUT2D eigenvalue weighted by molar-refractivity contribution is 0.102. The van der Waals surface area contributed by atoms with Crippen LogP contribution >= 0.6 is 0 Å². The van der Waals surface area contributed by atoms with Gasteiger partial charge in [-0.05, 0) is 53.8 Å². The van der Waals surface area contributed by atoms with Crippen molar-refractivity contribution in [2.75, 3.05) is 5.32 Å². The maximum absolute atomic E-state index is 12.2. The predicted molar refractivity (Wildman–Crippen MR) is 103 cm³/mol. The van der Waals surface area contributed by atoms with Crippen molar-refractivity contribution in [3.05, 3.63) is 95.3 Å². The lowest BCUT2D eigenvalue weighted by Crippen LogP contribution is -2.18. The zero-order chi connectivity index (χ0) is 17.8. The summed E-state index contributed by atoms with van der Waals surface area (Å²) in [6, 6.07) is 20.6. The molecule has 2 aromatic carbocycles. The third-order valence-electron chi connectivity index (χ3n) is 4.82. The van der Waals surface area contributed by atoms with E-state index >= 15 is 0 Å². The van der Waals surface area contributed by atoms with Gasteiger partial charge in [0, 0.05) is 30.7 Å². The fourth-order valence-electron chi connectivity index (χ4n) is 3.42. The molecular formula is C22H21N3O. The molecular weight excluding hydrogens is 322 g/mol. The molecule has 26 heavy (non-hydrogen) atoms. The normalized spacial score (nSPS) is 15.5. The molecule has 1 aliphatic rings. The summed E-state index contributed by atoms with van der Waals surface area (Å²) in [4.78, 5) is 16.1. The Labute approximate surface area is 153 Å². The third-order valence-corrected chi connectivity index (χ3v) is 4.82.